The smallest absolute Gasteiger partial charge is 0.222 e. The van der Waals surface area contributed by atoms with Gasteiger partial charge in [-0.25, -0.2) is 4.98 Å². The third-order valence-electron chi connectivity index (χ3n) is 3.54. The fourth-order valence-electron chi connectivity index (χ4n) is 2.35. The molecule has 1 aliphatic heterocycles. The summed E-state index contributed by atoms with van der Waals surface area (Å²) in [4.78, 5) is 15.0. The van der Waals surface area contributed by atoms with Crippen LogP contribution in [0.25, 0.3) is 5.57 Å². The number of nitrogens with zero attached hydrogens (tertiary/aromatic N) is 4. The fraction of sp³-hybridized carbons (Fsp3) is 0.500. The molecule has 1 aromatic rings. The van der Waals surface area contributed by atoms with Gasteiger partial charge in [0.2, 0.25) is 5.95 Å². The molecule has 0 spiro atoms. The van der Waals surface area contributed by atoms with Crippen LogP contribution in [0.4, 0.5) is 11.8 Å². The first-order valence-corrected chi connectivity index (χ1v) is 7.16. The van der Waals surface area contributed by atoms with Gasteiger partial charge in [-0.15, -0.1) is 0 Å². The van der Waals surface area contributed by atoms with Crippen LogP contribution in [0, 0.1) is 0 Å². The largest absolute Gasteiger partial charge is 0.404 e. The summed E-state index contributed by atoms with van der Waals surface area (Å²) in [7, 11) is 1.98. The van der Waals surface area contributed by atoms with Gasteiger partial charge in [-0.3, -0.25) is 4.99 Å². The minimum atomic E-state index is 0.250. The van der Waals surface area contributed by atoms with Crippen molar-refractivity contribution in [1.82, 2.24) is 15.3 Å². The highest BCUT2D eigenvalue weighted by Gasteiger charge is 2.23. The maximum Gasteiger partial charge on any atom is 0.222 e. The molecule has 1 aliphatic rings. The number of rotatable bonds is 5. The number of hydrogen-bond donors (Lipinski definition) is 3. The average Bonchev–Trinajstić information content (AvgIpc) is 2.96. The lowest BCUT2D eigenvalue weighted by atomic mass is 10.2. The van der Waals surface area contributed by atoms with E-state index >= 15 is 0 Å². The molecular formula is C14H23N7. The Morgan fingerprint density at radius 1 is 1.57 bits per heavy atom. The molecule has 0 radical (unpaired) electrons. The first-order valence-electron chi connectivity index (χ1n) is 7.16. The van der Waals surface area contributed by atoms with Crippen LogP contribution < -0.4 is 21.7 Å². The predicted octanol–water partition coefficient (Wildman–Crippen LogP) is 0.247. The number of nitrogens with two attached hydrogens (primary N) is 2. The Morgan fingerprint density at radius 2 is 2.38 bits per heavy atom. The molecule has 1 saturated heterocycles. The molecule has 2 heterocycles. The van der Waals surface area contributed by atoms with E-state index in [1.165, 1.54) is 6.20 Å². The number of likely N-dealkylation sites (N-methyl/N-ethyl adjacent to an activating group) is 1. The zero-order valence-electron chi connectivity index (χ0n) is 12.6. The molecule has 5 N–H and O–H groups in total. The third-order valence-corrected chi connectivity index (χ3v) is 3.54. The van der Waals surface area contributed by atoms with Crippen LogP contribution in [-0.4, -0.2) is 48.9 Å². The molecule has 21 heavy (non-hydrogen) atoms. The molecule has 0 saturated carbocycles. The van der Waals surface area contributed by atoms with Crippen LogP contribution in [0.2, 0.25) is 0 Å². The molecule has 7 nitrogen and oxygen atoms in total. The SMILES string of the molecule is CCN=CC(=CN)c1cc(N2CC[C@@H](NC)C2)nc(N)n1. The maximum absolute atomic E-state index is 5.84. The number of aromatic nitrogens is 2. The second-order valence-corrected chi connectivity index (χ2v) is 4.94. The Labute approximate surface area is 125 Å². The Hall–Kier alpha value is -2.15. The van der Waals surface area contributed by atoms with Crippen LogP contribution in [-0.2, 0) is 0 Å². The van der Waals surface area contributed by atoms with Crippen LogP contribution in [0.1, 0.15) is 19.0 Å². The van der Waals surface area contributed by atoms with Crippen molar-refractivity contribution in [3.8, 4) is 0 Å². The van der Waals surface area contributed by atoms with Gasteiger partial charge in [0, 0.05) is 49.7 Å². The van der Waals surface area contributed by atoms with E-state index in [0.717, 1.165) is 30.9 Å². The van der Waals surface area contributed by atoms with Crippen molar-refractivity contribution in [1.29, 1.82) is 0 Å². The number of anilines is 2. The molecular weight excluding hydrogens is 266 g/mol. The van der Waals surface area contributed by atoms with Gasteiger partial charge >= 0.3 is 0 Å². The minimum Gasteiger partial charge on any atom is -0.404 e. The van der Waals surface area contributed by atoms with Crippen molar-refractivity contribution in [3.63, 3.8) is 0 Å². The van der Waals surface area contributed by atoms with Gasteiger partial charge in [-0.1, -0.05) is 0 Å². The number of hydrogen-bond acceptors (Lipinski definition) is 7. The van der Waals surface area contributed by atoms with Crippen molar-refractivity contribution in [2.45, 2.75) is 19.4 Å². The number of aliphatic imine (C=N–C) groups is 1. The Kier molecular flexibility index (Phi) is 5.10. The molecule has 0 aromatic carbocycles. The van der Waals surface area contributed by atoms with Crippen molar-refractivity contribution in [3.05, 3.63) is 18.0 Å². The summed E-state index contributed by atoms with van der Waals surface area (Å²) in [6.07, 6.45) is 4.30. The van der Waals surface area contributed by atoms with Crippen molar-refractivity contribution >= 4 is 23.6 Å². The third kappa shape index (κ3) is 3.69. The maximum atomic E-state index is 5.84. The lowest BCUT2D eigenvalue weighted by Gasteiger charge is -2.18. The topological polar surface area (TPSA) is 105 Å². The van der Waals surface area contributed by atoms with Gasteiger partial charge in [0.05, 0.1) is 5.69 Å². The zero-order valence-corrected chi connectivity index (χ0v) is 12.6. The van der Waals surface area contributed by atoms with Gasteiger partial charge < -0.3 is 21.7 Å². The summed E-state index contributed by atoms with van der Waals surface area (Å²) in [5.74, 6) is 1.08. The standard InChI is InChI=1S/C14H23N7/c1-3-18-8-10(7-15)12-6-13(20-14(16)19-12)21-5-4-11(9-21)17-2/h6-8,11,17H,3-5,9,15H2,1-2H3,(H2,16,19,20)/t11-/m1/s1. The lowest BCUT2D eigenvalue weighted by molar-refractivity contribution is 0.616. The molecule has 0 bridgehead atoms. The molecule has 0 amide bonds. The molecule has 0 aliphatic carbocycles. The second kappa shape index (κ2) is 7.03. The van der Waals surface area contributed by atoms with E-state index < -0.39 is 0 Å². The van der Waals surface area contributed by atoms with E-state index in [9.17, 15) is 0 Å². The van der Waals surface area contributed by atoms with Gasteiger partial charge in [0.25, 0.3) is 0 Å². The van der Waals surface area contributed by atoms with E-state index in [0.29, 0.717) is 18.3 Å². The predicted molar refractivity (Wildman–Crippen MR) is 87.3 cm³/mol. The highest BCUT2D eigenvalue weighted by Crippen LogP contribution is 2.22. The van der Waals surface area contributed by atoms with E-state index in [-0.39, 0.29) is 5.95 Å². The first kappa shape index (κ1) is 15.2. The summed E-state index contributed by atoms with van der Waals surface area (Å²) in [5, 5.41) is 3.29. The van der Waals surface area contributed by atoms with Gasteiger partial charge in [-0.2, -0.15) is 4.98 Å². The second-order valence-electron chi connectivity index (χ2n) is 4.94. The van der Waals surface area contributed by atoms with Gasteiger partial charge in [0.15, 0.2) is 0 Å². The van der Waals surface area contributed by atoms with E-state index in [1.807, 2.05) is 20.0 Å². The normalized spacial score (nSPS) is 19.6. The number of nitrogen functional groups attached to an aromatic ring is 1. The zero-order chi connectivity index (χ0) is 15.2. The Bertz CT molecular complexity index is 538. The number of allylic oxidation sites excluding steroid dienone is 1. The van der Waals surface area contributed by atoms with Crippen molar-refractivity contribution < 1.29 is 0 Å². The average molecular weight is 289 g/mol. The highest BCUT2D eigenvalue weighted by molar-refractivity contribution is 6.09. The van der Waals surface area contributed by atoms with E-state index in [4.69, 9.17) is 11.5 Å². The minimum absolute atomic E-state index is 0.250. The van der Waals surface area contributed by atoms with Crippen molar-refractivity contribution in [2.75, 3.05) is 37.3 Å². The summed E-state index contributed by atoms with van der Waals surface area (Å²) in [6, 6.07) is 2.39. The lowest BCUT2D eigenvalue weighted by Crippen LogP contribution is -2.30. The molecule has 1 aromatic heterocycles. The van der Waals surface area contributed by atoms with Crippen LogP contribution in [0.5, 0.6) is 0 Å². The summed E-state index contributed by atoms with van der Waals surface area (Å²) >= 11 is 0. The van der Waals surface area contributed by atoms with Crippen molar-refractivity contribution in [2.24, 2.45) is 10.7 Å². The summed E-state index contributed by atoms with van der Waals surface area (Å²) in [6.45, 7) is 4.52. The number of nitrogens with one attached hydrogen (secondary N) is 1. The molecule has 7 heteroatoms. The van der Waals surface area contributed by atoms with Gasteiger partial charge in [0.1, 0.15) is 5.82 Å². The quantitative estimate of drug-likeness (QED) is 0.671. The van der Waals surface area contributed by atoms with Crippen LogP contribution >= 0.6 is 0 Å². The molecule has 1 fully saturated rings. The summed E-state index contributed by atoms with van der Waals surface area (Å²) in [5.41, 5.74) is 12.9. The Balaban J connectivity index is 2.27. The van der Waals surface area contributed by atoms with Crippen LogP contribution in [0.3, 0.4) is 0 Å². The van der Waals surface area contributed by atoms with E-state index in [1.54, 1.807) is 6.21 Å². The molecule has 0 unspecified atom stereocenters. The molecule has 114 valence electrons. The highest BCUT2D eigenvalue weighted by atomic mass is 15.2. The fourth-order valence-corrected chi connectivity index (χ4v) is 2.35. The van der Waals surface area contributed by atoms with Gasteiger partial charge in [-0.05, 0) is 20.4 Å². The monoisotopic (exact) mass is 289 g/mol. The summed E-state index contributed by atoms with van der Waals surface area (Å²) < 4.78 is 0. The first-order chi connectivity index (χ1) is 10.2. The Morgan fingerprint density at radius 3 is 3.00 bits per heavy atom. The van der Waals surface area contributed by atoms with E-state index in [2.05, 4.69) is 25.2 Å². The molecule has 2 rings (SSSR count). The van der Waals surface area contributed by atoms with Crippen LogP contribution in [0.15, 0.2) is 17.3 Å². The molecule has 1 atom stereocenters.